The molecule has 0 aromatic heterocycles. The number of hydrogen-bond acceptors (Lipinski definition) is 9. The fraction of sp³-hybridized carbons (Fsp3) is 0.429. The van der Waals surface area contributed by atoms with Crippen molar-refractivity contribution in [1.82, 2.24) is 10.2 Å². The van der Waals surface area contributed by atoms with E-state index >= 15 is 0 Å². The second-order valence-electron chi connectivity index (χ2n) is 7.07. The lowest BCUT2D eigenvalue weighted by Crippen LogP contribution is -2.81. The number of nitrogens with one attached hydrogen (secondary N) is 1. The van der Waals surface area contributed by atoms with Crippen molar-refractivity contribution in [3.8, 4) is 5.75 Å². The minimum Gasteiger partial charge on any atom is -0.484 e. The normalized spacial score (nSPS) is 21.7. The Hall–Kier alpha value is -2.28. The second kappa shape index (κ2) is 11.2. The van der Waals surface area contributed by atoms with Crippen LogP contribution in [0.25, 0.3) is 0 Å². The smallest absolute Gasteiger partial charge is 0.352 e. The highest BCUT2D eigenvalue weighted by atomic mass is 32.2. The van der Waals surface area contributed by atoms with E-state index in [1.165, 1.54) is 30.6 Å². The Bertz CT molecular complexity index is 956. The molecule has 0 radical (unpaired) electrons. The van der Waals surface area contributed by atoms with Crippen LogP contribution in [0.2, 0.25) is 0 Å². The van der Waals surface area contributed by atoms with Crippen LogP contribution < -0.4 is 10.1 Å². The number of rotatable bonds is 10. The van der Waals surface area contributed by atoms with Gasteiger partial charge in [-0.05, 0) is 36.3 Å². The van der Waals surface area contributed by atoms with Crippen molar-refractivity contribution in [3.05, 3.63) is 41.6 Å². The summed E-state index contributed by atoms with van der Waals surface area (Å²) < 4.78 is 16.5. The number of benzene rings is 1. The summed E-state index contributed by atoms with van der Waals surface area (Å²) in [5.74, 6) is -1.32. The number of carboxylic acid groups (broad SMARTS) is 1. The Morgan fingerprint density at radius 3 is 2.73 bits per heavy atom. The highest BCUT2D eigenvalue weighted by Crippen LogP contribution is 2.47. The SMILES string of the molecule is CCCOC(=S)SCC1=C(C(=O)O)N2C(=O)C(NC(=O)COc3ccccc3)(OC)[C@H]2SC1. The first-order chi connectivity index (χ1) is 15.8. The molecule has 2 heterocycles. The van der Waals surface area contributed by atoms with Crippen LogP contribution in [-0.2, 0) is 23.9 Å². The second-order valence-corrected chi connectivity index (χ2v) is 9.72. The van der Waals surface area contributed by atoms with Gasteiger partial charge >= 0.3 is 5.97 Å². The Morgan fingerprint density at radius 2 is 2.09 bits per heavy atom. The lowest BCUT2D eigenvalue weighted by Gasteiger charge is -2.55. The number of aliphatic carboxylic acids is 1. The first-order valence-electron chi connectivity index (χ1n) is 10.1. The summed E-state index contributed by atoms with van der Waals surface area (Å²) >= 11 is 7.67. The first kappa shape index (κ1) is 25.3. The zero-order valence-corrected chi connectivity index (χ0v) is 20.5. The molecule has 2 aliphatic rings. The molecule has 0 saturated carbocycles. The van der Waals surface area contributed by atoms with Gasteiger partial charge in [-0.3, -0.25) is 14.5 Å². The molecule has 9 nitrogen and oxygen atoms in total. The topological polar surface area (TPSA) is 114 Å². The van der Waals surface area contributed by atoms with Crippen molar-refractivity contribution in [1.29, 1.82) is 0 Å². The molecule has 1 aromatic rings. The molecule has 12 heteroatoms. The predicted octanol–water partition coefficient (Wildman–Crippen LogP) is 2.22. The summed E-state index contributed by atoms with van der Waals surface area (Å²) in [5.41, 5.74) is -1.23. The van der Waals surface area contributed by atoms with Gasteiger partial charge in [0.25, 0.3) is 17.5 Å². The molecule has 1 saturated heterocycles. The molecule has 0 aliphatic carbocycles. The number of β-lactam (4-membered cyclic amide) rings is 1. The average Bonchev–Trinajstić information content (AvgIpc) is 2.83. The van der Waals surface area contributed by atoms with Crippen LogP contribution in [0.4, 0.5) is 0 Å². The zero-order chi connectivity index (χ0) is 24.0. The Labute approximate surface area is 205 Å². The average molecular weight is 513 g/mol. The number of fused-ring (bicyclic) bond motifs is 1. The Balaban J connectivity index is 1.69. The van der Waals surface area contributed by atoms with Crippen molar-refractivity contribution >= 4 is 57.9 Å². The number of amides is 2. The summed E-state index contributed by atoms with van der Waals surface area (Å²) in [4.78, 5) is 38.7. The van der Waals surface area contributed by atoms with Crippen LogP contribution in [0.1, 0.15) is 13.3 Å². The Kier molecular flexibility index (Phi) is 8.63. The third kappa shape index (κ3) is 5.45. The molecule has 0 bridgehead atoms. The fourth-order valence-corrected chi connectivity index (χ4v) is 5.86. The molecule has 1 fully saturated rings. The molecular formula is C21H24N2O7S3. The van der Waals surface area contributed by atoms with Crippen molar-refractivity contribution in [2.75, 3.05) is 31.8 Å². The van der Waals surface area contributed by atoms with Crippen LogP contribution in [-0.4, -0.2) is 75.1 Å². The number of hydrogen-bond donors (Lipinski definition) is 2. The minimum absolute atomic E-state index is 0.114. The molecule has 178 valence electrons. The van der Waals surface area contributed by atoms with E-state index < -0.39 is 28.9 Å². The number of carboxylic acids is 1. The number of nitrogens with zero attached hydrogens (tertiary/aromatic N) is 1. The van der Waals surface area contributed by atoms with Gasteiger partial charge in [0.2, 0.25) is 4.38 Å². The van der Waals surface area contributed by atoms with E-state index in [1.54, 1.807) is 24.3 Å². The van der Waals surface area contributed by atoms with E-state index in [0.717, 1.165) is 11.3 Å². The number of thiocarbonyl (C=S) groups is 1. The molecule has 2 aliphatic heterocycles. The first-order valence-corrected chi connectivity index (χ1v) is 12.5. The van der Waals surface area contributed by atoms with Gasteiger partial charge in [0.15, 0.2) is 6.61 Å². The number of para-hydroxylation sites is 1. The molecule has 0 spiro atoms. The molecule has 3 rings (SSSR count). The quantitative estimate of drug-likeness (QED) is 0.275. The van der Waals surface area contributed by atoms with Gasteiger partial charge in [0.1, 0.15) is 16.8 Å². The Morgan fingerprint density at radius 1 is 1.36 bits per heavy atom. The summed E-state index contributed by atoms with van der Waals surface area (Å²) in [6.07, 6.45) is 0.810. The number of thioether (sulfide) groups is 2. The van der Waals surface area contributed by atoms with E-state index in [4.69, 9.17) is 26.4 Å². The maximum absolute atomic E-state index is 13.1. The lowest BCUT2D eigenvalue weighted by molar-refractivity contribution is -0.192. The summed E-state index contributed by atoms with van der Waals surface area (Å²) in [6.45, 7) is 2.13. The summed E-state index contributed by atoms with van der Waals surface area (Å²) in [6, 6.07) is 8.77. The number of ether oxygens (including phenoxy) is 3. The molecule has 2 amide bonds. The van der Waals surface area contributed by atoms with E-state index in [2.05, 4.69) is 5.32 Å². The van der Waals surface area contributed by atoms with E-state index in [1.807, 2.05) is 13.0 Å². The fourth-order valence-electron chi connectivity index (χ4n) is 3.34. The van der Waals surface area contributed by atoms with Crippen molar-refractivity contribution in [3.63, 3.8) is 0 Å². The molecule has 2 atom stereocenters. The predicted molar refractivity (Wildman–Crippen MR) is 129 cm³/mol. The van der Waals surface area contributed by atoms with Crippen molar-refractivity contribution in [2.45, 2.75) is 24.4 Å². The van der Waals surface area contributed by atoms with Crippen LogP contribution in [0.3, 0.4) is 0 Å². The van der Waals surface area contributed by atoms with Gasteiger partial charge in [-0.2, -0.15) is 0 Å². The largest absolute Gasteiger partial charge is 0.484 e. The van der Waals surface area contributed by atoms with E-state index in [0.29, 0.717) is 28.1 Å². The maximum atomic E-state index is 13.1. The van der Waals surface area contributed by atoms with Gasteiger partial charge in [0.05, 0.1) is 6.61 Å². The molecule has 33 heavy (non-hydrogen) atoms. The summed E-state index contributed by atoms with van der Waals surface area (Å²) in [7, 11) is 1.30. The zero-order valence-electron chi connectivity index (χ0n) is 18.1. The van der Waals surface area contributed by atoms with Crippen molar-refractivity contribution < 1.29 is 33.7 Å². The van der Waals surface area contributed by atoms with Gasteiger partial charge in [-0.1, -0.05) is 36.9 Å². The van der Waals surface area contributed by atoms with Gasteiger partial charge in [-0.25, -0.2) is 4.79 Å². The van der Waals surface area contributed by atoms with Gasteiger partial charge < -0.3 is 24.6 Å². The van der Waals surface area contributed by atoms with Crippen LogP contribution in [0.15, 0.2) is 41.6 Å². The molecule has 2 N–H and O–H groups in total. The minimum atomic E-state index is -1.67. The van der Waals surface area contributed by atoms with Crippen LogP contribution >= 0.6 is 35.7 Å². The number of carbonyl (C=O) groups excluding carboxylic acids is 2. The van der Waals surface area contributed by atoms with Crippen LogP contribution in [0, 0.1) is 0 Å². The third-order valence-electron chi connectivity index (χ3n) is 4.86. The third-order valence-corrected chi connectivity index (χ3v) is 7.55. The molecular weight excluding hydrogens is 488 g/mol. The highest BCUT2D eigenvalue weighted by molar-refractivity contribution is 8.22. The molecule has 1 unspecified atom stereocenters. The standard InChI is InChI=1S/C21H24N2O7S3/c1-3-9-29-20(31)33-12-13-11-32-19-21(28-2,18(27)23(19)16(13)17(25)26)22-15(24)10-30-14-7-5-4-6-8-14/h4-8,19H,3,9-12H2,1-2H3,(H,22,24)(H,25,26)/t19-,21?/m1/s1. The van der Waals surface area contributed by atoms with E-state index in [-0.39, 0.29) is 18.1 Å². The van der Waals surface area contributed by atoms with Gasteiger partial charge in [0, 0.05) is 18.6 Å². The highest BCUT2D eigenvalue weighted by Gasteiger charge is 2.66. The maximum Gasteiger partial charge on any atom is 0.352 e. The number of methoxy groups -OCH3 is 1. The van der Waals surface area contributed by atoms with Crippen molar-refractivity contribution in [2.24, 2.45) is 0 Å². The monoisotopic (exact) mass is 512 g/mol. The number of carbonyl (C=O) groups is 3. The summed E-state index contributed by atoms with van der Waals surface area (Å²) in [5, 5.41) is 11.7. The van der Waals surface area contributed by atoms with Gasteiger partial charge in [-0.15, -0.1) is 11.8 Å². The molecule has 1 aromatic carbocycles. The van der Waals surface area contributed by atoms with Crippen LogP contribution in [0.5, 0.6) is 5.75 Å². The van der Waals surface area contributed by atoms with E-state index in [9.17, 15) is 19.5 Å². The lowest BCUT2D eigenvalue weighted by atomic mass is 9.98.